The van der Waals surface area contributed by atoms with Crippen molar-refractivity contribution in [3.05, 3.63) is 0 Å². The van der Waals surface area contributed by atoms with E-state index in [0.717, 1.165) is 23.7 Å². The third-order valence-corrected chi connectivity index (χ3v) is 3.50. The second kappa shape index (κ2) is 5.16. The first-order chi connectivity index (χ1) is 6.49. The molecule has 0 aromatic carbocycles. The van der Waals surface area contributed by atoms with Crippen molar-refractivity contribution in [2.24, 2.45) is 23.7 Å². The normalized spacial score (nSPS) is 30.2. The first kappa shape index (κ1) is 12.0. The molecule has 2 atom stereocenters. The molecule has 1 saturated heterocycles. The van der Waals surface area contributed by atoms with Crippen LogP contribution in [-0.4, -0.2) is 25.0 Å². The second-order valence-electron chi connectivity index (χ2n) is 5.96. The molecular weight excluding hydrogens is 170 g/mol. The van der Waals surface area contributed by atoms with E-state index in [4.69, 9.17) is 0 Å². The zero-order valence-electron chi connectivity index (χ0n) is 10.6. The summed E-state index contributed by atoms with van der Waals surface area (Å²) in [5.74, 6) is 3.59. The Hall–Kier alpha value is -0.0400. The largest absolute Gasteiger partial charge is 0.306 e. The summed E-state index contributed by atoms with van der Waals surface area (Å²) >= 11 is 0. The minimum absolute atomic E-state index is 0.854. The van der Waals surface area contributed by atoms with Crippen LogP contribution in [-0.2, 0) is 0 Å². The third kappa shape index (κ3) is 3.61. The molecule has 1 aliphatic heterocycles. The van der Waals surface area contributed by atoms with Crippen LogP contribution in [0.15, 0.2) is 0 Å². The fourth-order valence-electron chi connectivity index (χ4n) is 2.81. The van der Waals surface area contributed by atoms with E-state index in [0.29, 0.717) is 0 Å². The number of piperidine rings is 1. The van der Waals surface area contributed by atoms with Gasteiger partial charge in [-0.15, -0.1) is 0 Å². The average Bonchev–Trinajstić information content (AvgIpc) is 2.01. The molecule has 1 rings (SSSR count). The predicted octanol–water partition coefficient (Wildman–Crippen LogP) is 3.26. The van der Waals surface area contributed by atoms with E-state index in [2.05, 4.69) is 39.6 Å². The highest BCUT2D eigenvalue weighted by molar-refractivity contribution is 4.79. The van der Waals surface area contributed by atoms with Crippen LogP contribution >= 0.6 is 0 Å². The summed E-state index contributed by atoms with van der Waals surface area (Å²) in [4.78, 5) is 2.53. The molecule has 0 N–H and O–H groups in total. The van der Waals surface area contributed by atoms with Crippen LogP contribution in [0.2, 0.25) is 0 Å². The van der Waals surface area contributed by atoms with E-state index in [9.17, 15) is 0 Å². The topological polar surface area (TPSA) is 3.24 Å². The van der Waals surface area contributed by atoms with Gasteiger partial charge < -0.3 is 4.90 Å². The van der Waals surface area contributed by atoms with Gasteiger partial charge in [-0.2, -0.15) is 0 Å². The Bertz CT molecular complexity index is 161. The van der Waals surface area contributed by atoms with E-state index in [1.54, 1.807) is 0 Å². The van der Waals surface area contributed by atoms with Gasteiger partial charge in [0.2, 0.25) is 0 Å². The van der Waals surface area contributed by atoms with Crippen molar-refractivity contribution in [3.63, 3.8) is 0 Å². The molecule has 0 aromatic rings. The molecule has 0 aliphatic carbocycles. The summed E-state index contributed by atoms with van der Waals surface area (Å²) in [6.07, 6.45) is 2.87. The number of nitrogens with zero attached hydrogens (tertiary/aromatic N) is 1. The average molecular weight is 197 g/mol. The molecule has 1 fully saturated rings. The van der Waals surface area contributed by atoms with Crippen molar-refractivity contribution in [1.29, 1.82) is 0 Å². The zero-order valence-corrected chi connectivity index (χ0v) is 10.6. The highest BCUT2D eigenvalue weighted by atomic mass is 15.1. The summed E-state index contributed by atoms with van der Waals surface area (Å²) < 4.78 is 0. The first-order valence-corrected chi connectivity index (χ1v) is 6.17. The van der Waals surface area contributed by atoms with Gasteiger partial charge >= 0.3 is 0 Å². The lowest BCUT2D eigenvalue weighted by atomic mass is 9.79. The van der Waals surface area contributed by atoms with Crippen LogP contribution < -0.4 is 0 Å². The summed E-state index contributed by atoms with van der Waals surface area (Å²) in [7, 11) is 2.28. The van der Waals surface area contributed by atoms with Crippen LogP contribution in [0.1, 0.15) is 40.5 Å². The highest BCUT2D eigenvalue weighted by Gasteiger charge is 2.27. The first-order valence-electron chi connectivity index (χ1n) is 6.17. The molecule has 1 aliphatic rings. The van der Waals surface area contributed by atoms with Crippen LogP contribution in [0.5, 0.6) is 0 Å². The van der Waals surface area contributed by atoms with Gasteiger partial charge in [0.05, 0.1) is 0 Å². The quantitative estimate of drug-likeness (QED) is 0.671. The van der Waals surface area contributed by atoms with Gasteiger partial charge in [0, 0.05) is 13.1 Å². The predicted molar refractivity (Wildman–Crippen MR) is 63.4 cm³/mol. The van der Waals surface area contributed by atoms with Crippen molar-refractivity contribution in [1.82, 2.24) is 4.90 Å². The molecule has 0 unspecified atom stereocenters. The molecule has 0 spiro atoms. The molecule has 1 heterocycles. The van der Waals surface area contributed by atoms with Gasteiger partial charge in [0.1, 0.15) is 0 Å². The molecular formula is C13H27N. The minimum atomic E-state index is 0.854. The van der Waals surface area contributed by atoms with Crippen molar-refractivity contribution in [2.45, 2.75) is 40.5 Å². The Balaban J connectivity index is 2.45. The Morgan fingerprint density at radius 1 is 1.14 bits per heavy atom. The fourth-order valence-corrected chi connectivity index (χ4v) is 2.81. The maximum absolute atomic E-state index is 2.53. The maximum Gasteiger partial charge on any atom is 0.000928 e. The molecule has 0 aromatic heterocycles. The van der Waals surface area contributed by atoms with Crippen LogP contribution in [0.3, 0.4) is 0 Å². The molecule has 14 heavy (non-hydrogen) atoms. The molecule has 0 saturated carbocycles. The van der Waals surface area contributed by atoms with Crippen molar-refractivity contribution < 1.29 is 0 Å². The number of hydrogen-bond donors (Lipinski definition) is 0. The van der Waals surface area contributed by atoms with Crippen molar-refractivity contribution in [2.75, 3.05) is 20.1 Å². The SMILES string of the molecule is CC(C)C[C@H]1C[C@@H](C(C)C)CN(C)C1. The lowest BCUT2D eigenvalue weighted by Gasteiger charge is -2.38. The van der Waals surface area contributed by atoms with Crippen LogP contribution in [0.25, 0.3) is 0 Å². The third-order valence-electron chi connectivity index (χ3n) is 3.50. The standard InChI is InChI=1S/C13H27N/c1-10(2)6-12-7-13(11(3)4)9-14(5)8-12/h10-13H,6-9H2,1-5H3/t12-,13+/m0/s1. The second-order valence-corrected chi connectivity index (χ2v) is 5.96. The molecule has 0 amide bonds. The van der Waals surface area contributed by atoms with E-state index in [1.165, 1.54) is 25.9 Å². The maximum atomic E-state index is 2.53. The number of rotatable bonds is 3. The Morgan fingerprint density at radius 2 is 1.79 bits per heavy atom. The van der Waals surface area contributed by atoms with E-state index in [1.807, 2.05) is 0 Å². The van der Waals surface area contributed by atoms with Gasteiger partial charge in [-0.1, -0.05) is 27.7 Å². The van der Waals surface area contributed by atoms with Gasteiger partial charge in [-0.05, 0) is 43.6 Å². The van der Waals surface area contributed by atoms with E-state index < -0.39 is 0 Å². The minimum Gasteiger partial charge on any atom is -0.306 e. The molecule has 84 valence electrons. The highest BCUT2D eigenvalue weighted by Crippen LogP contribution is 2.30. The Labute approximate surface area is 89.9 Å². The lowest BCUT2D eigenvalue weighted by molar-refractivity contribution is 0.111. The lowest BCUT2D eigenvalue weighted by Crippen LogP contribution is -2.40. The van der Waals surface area contributed by atoms with E-state index in [-0.39, 0.29) is 0 Å². The molecule has 1 heteroatoms. The molecule has 0 bridgehead atoms. The summed E-state index contributed by atoms with van der Waals surface area (Å²) in [5, 5.41) is 0. The van der Waals surface area contributed by atoms with Gasteiger partial charge in [0.25, 0.3) is 0 Å². The monoisotopic (exact) mass is 197 g/mol. The van der Waals surface area contributed by atoms with Crippen molar-refractivity contribution >= 4 is 0 Å². The van der Waals surface area contributed by atoms with Gasteiger partial charge in [0.15, 0.2) is 0 Å². The van der Waals surface area contributed by atoms with Crippen LogP contribution in [0, 0.1) is 23.7 Å². The van der Waals surface area contributed by atoms with Gasteiger partial charge in [-0.25, -0.2) is 0 Å². The summed E-state index contributed by atoms with van der Waals surface area (Å²) in [6.45, 7) is 12.1. The number of likely N-dealkylation sites (tertiary alicyclic amines) is 1. The fraction of sp³-hybridized carbons (Fsp3) is 1.00. The van der Waals surface area contributed by atoms with Crippen LogP contribution in [0.4, 0.5) is 0 Å². The van der Waals surface area contributed by atoms with Gasteiger partial charge in [-0.3, -0.25) is 0 Å². The Morgan fingerprint density at radius 3 is 2.29 bits per heavy atom. The number of hydrogen-bond acceptors (Lipinski definition) is 1. The molecule has 1 nitrogen and oxygen atoms in total. The smallest absolute Gasteiger partial charge is 0.000928 e. The van der Waals surface area contributed by atoms with E-state index >= 15 is 0 Å². The van der Waals surface area contributed by atoms with Crippen molar-refractivity contribution in [3.8, 4) is 0 Å². The summed E-state index contributed by atoms with van der Waals surface area (Å²) in [6, 6.07) is 0. The Kier molecular flexibility index (Phi) is 4.43. The zero-order chi connectivity index (χ0) is 10.7. The molecule has 0 radical (unpaired) electrons. The summed E-state index contributed by atoms with van der Waals surface area (Å²) in [5.41, 5.74) is 0.